The Kier molecular flexibility index (Phi) is 4.01. The Balaban J connectivity index is 1.63. The smallest absolute Gasteiger partial charge is 0.410 e. The van der Waals surface area contributed by atoms with E-state index < -0.39 is 5.60 Å². The second-order valence-corrected chi connectivity index (χ2v) is 8.00. The van der Waals surface area contributed by atoms with E-state index in [4.69, 9.17) is 16.3 Å². The lowest BCUT2D eigenvalue weighted by molar-refractivity contribution is 0.0270. The van der Waals surface area contributed by atoms with Gasteiger partial charge in [0.1, 0.15) is 10.8 Å². The summed E-state index contributed by atoms with van der Waals surface area (Å²) in [6.07, 6.45) is 1.72. The zero-order valence-corrected chi connectivity index (χ0v) is 14.7. The van der Waals surface area contributed by atoms with Crippen LogP contribution in [0.5, 0.6) is 0 Å². The van der Waals surface area contributed by atoms with Crippen LogP contribution in [0.2, 0.25) is 5.15 Å². The molecule has 1 saturated heterocycles. The summed E-state index contributed by atoms with van der Waals surface area (Å²) < 4.78 is 5.42. The molecule has 2 aliphatic rings. The number of thioether (sulfide) groups is 1. The van der Waals surface area contributed by atoms with Crippen LogP contribution < -0.4 is 0 Å². The van der Waals surface area contributed by atoms with Crippen molar-refractivity contribution < 1.29 is 9.53 Å². The number of piperidine rings is 1. The minimum atomic E-state index is -0.448. The van der Waals surface area contributed by atoms with Gasteiger partial charge in [-0.05, 0) is 44.9 Å². The zero-order valence-electron chi connectivity index (χ0n) is 13.2. The molecule has 22 heavy (non-hydrogen) atoms. The van der Waals surface area contributed by atoms with E-state index in [1.165, 1.54) is 11.8 Å². The van der Waals surface area contributed by atoms with Crippen LogP contribution in [-0.2, 0) is 4.74 Å². The van der Waals surface area contributed by atoms with E-state index in [1.54, 1.807) is 4.90 Å². The average Bonchev–Trinajstić information content (AvgIpc) is 2.90. The van der Waals surface area contributed by atoms with Gasteiger partial charge in [0.25, 0.3) is 0 Å². The fourth-order valence-electron chi connectivity index (χ4n) is 3.12. The Labute approximate surface area is 139 Å². The van der Waals surface area contributed by atoms with Crippen molar-refractivity contribution in [1.82, 2.24) is 14.9 Å². The number of amides is 1. The zero-order chi connectivity index (χ0) is 16.1. The van der Waals surface area contributed by atoms with Crippen molar-refractivity contribution in [2.75, 3.05) is 19.3 Å². The lowest BCUT2D eigenvalue weighted by atomic mass is 10.2. The first-order chi connectivity index (χ1) is 10.3. The number of fused-ring (bicyclic) bond motifs is 1. The molecule has 3 atom stereocenters. The van der Waals surface area contributed by atoms with Crippen molar-refractivity contribution in [3.63, 3.8) is 0 Å². The molecular formula is C15H20ClN3O2S. The molecule has 5 nitrogen and oxygen atoms in total. The molecule has 3 rings (SSSR count). The first-order valence-corrected chi connectivity index (χ1v) is 8.95. The average molecular weight is 342 g/mol. The molecule has 0 radical (unpaired) electrons. The summed E-state index contributed by atoms with van der Waals surface area (Å²) in [4.78, 5) is 22.6. The maximum absolute atomic E-state index is 12.1. The fraction of sp³-hybridized carbons (Fsp3) is 0.667. The molecular weight excluding hydrogens is 322 g/mol. The van der Waals surface area contributed by atoms with Gasteiger partial charge < -0.3 is 9.64 Å². The molecule has 120 valence electrons. The Morgan fingerprint density at radius 3 is 2.55 bits per heavy atom. The maximum atomic E-state index is 12.1. The summed E-state index contributed by atoms with van der Waals surface area (Å²) in [6, 6.07) is 1.85. The maximum Gasteiger partial charge on any atom is 0.410 e. The Hall–Kier alpha value is -1.01. The number of halogens is 1. The summed E-state index contributed by atoms with van der Waals surface area (Å²) >= 11 is 7.55. The SMILES string of the molecule is CSc1nc(Cl)cc(C2[C@H]3CN(C(=O)OC(C)(C)C)C[C@@H]23)n1. The standard InChI is InChI=1S/C15H20ClN3O2S/c1-15(2,3)21-14(20)19-6-8-9(7-19)12(8)10-5-11(16)18-13(17-10)22-4/h5,8-9,12H,6-7H2,1-4H3/t8-,9+,12?. The van der Waals surface area contributed by atoms with Gasteiger partial charge in [0.2, 0.25) is 0 Å². The second-order valence-electron chi connectivity index (χ2n) is 6.84. The molecule has 2 heterocycles. The monoisotopic (exact) mass is 341 g/mol. The van der Waals surface area contributed by atoms with Gasteiger partial charge in [-0.15, -0.1) is 0 Å². The van der Waals surface area contributed by atoms with E-state index in [-0.39, 0.29) is 6.09 Å². The van der Waals surface area contributed by atoms with Crippen molar-refractivity contribution in [2.45, 2.75) is 37.4 Å². The highest BCUT2D eigenvalue weighted by molar-refractivity contribution is 7.98. The van der Waals surface area contributed by atoms with Gasteiger partial charge in [0.15, 0.2) is 5.16 Å². The second kappa shape index (κ2) is 5.57. The molecule has 1 amide bonds. The van der Waals surface area contributed by atoms with E-state index in [0.29, 0.717) is 28.1 Å². The van der Waals surface area contributed by atoms with Gasteiger partial charge in [-0.25, -0.2) is 14.8 Å². The van der Waals surface area contributed by atoms with E-state index >= 15 is 0 Å². The molecule has 1 aliphatic carbocycles. The topological polar surface area (TPSA) is 55.3 Å². The summed E-state index contributed by atoms with van der Waals surface area (Å²) in [5.74, 6) is 1.33. The molecule has 1 saturated carbocycles. The van der Waals surface area contributed by atoms with Crippen LogP contribution in [0.4, 0.5) is 4.79 Å². The molecule has 0 bridgehead atoms. The van der Waals surface area contributed by atoms with Crippen molar-refractivity contribution in [2.24, 2.45) is 11.8 Å². The number of rotatable bonds is 2. The minimum Gasteiger partial charge on any atom is -0.444 e. The number of nitrogens with zero attached hydrogens (tertiary/aromatic N) is 3. The molecule has 7 heteroatoms. The van der Waals surface area contributed by atoms with Gasteiger partial charge in [0, 0.05) is 19.0 Å². The largest absolute Gasteiger partial charge is 0.444 e. The van der Waals surface area contributed by atoms with Crippen molar-refractivity contribution in [3.05, 3.63) is 16.9 Å². The number of carbonyl (C=O) groups is 1. The molecule has 0 spiro atoms. The fourth-order valence-corrected chi connectivity index (χ4v) is 3.74. The van der Waals surface area contributed by atoms with Gasteiger partial charge in [-0.3, -0.25) is 0 Å². The third-order valence-electron chi connectivity index (χ3n) is 4.06. The van der Waals surface area contributed by atoms with Crippen LogP contribution in [0.15, 0.2) is 11.2 Å². The predicted octanol–water partition coefficient (Wildman–Crippen LogP) is 3.43. The van der Waals surface area contributed by atoms with Crippen LogP contribution in [0.1, 0.15) is 32.4 Å². The Morgan fingerprint density at radius 1 is 1.36 bits per heavy atom. The lowest BCUT2D eigenvalue weighted by Gasteiger charge is -2.25. The summed E-state index contributed by atoms with van der Waals surface area (Å²) in [6.45, 7) is 7.13. The number of hydrogen-bond donors (Lipinski definition) is 0. The number of carbonyl (C=O) groups excluding carboxylic acids is 1. The van der Waals surface area contributed by atoms with Crippen molar-refractivity contribution in [1.29, 1.82) is 0 Å². The minimum absolute atomic E-state index is 0.219. The highest BCUT2D eigenvalue weighted by Crippen LogP contribution is 2.58. The normalized spacial score (nSPS) is 26.8. The summed E-state index contributed by atoms with van der Waals surface area (Å²) in [5.41, 5.74) is 0.555. The molecule has 0 aromatic carbocycles. The van der Waals surface area contributed by atoms with Gasteiger partial charge >= 0.3 is 6.09 Å². The Bertz CT molecular complexity index is 593. The number of hydrogen-bond acceptors (Lipinski definition) is 5. The molecule has 1 unspecified atom stereocenters. The van der Waals surface area contributed by atoms with E-state index in [0.717, 1.165) is 18.8 Å². The van der Waals surface area contributed by atoms with Gasteiger partial charge in [0.05, 0.1) is 5.69 Å². The molecule has 2 fully saturated rings. The molecule has 0 N–H and O–H groups in total. The first kappa shape index (κ1) is 15.9. The van der Waals surface area contributed by atoms with Crippen LogP contribution in [0.3, 0.4) is 0 Å². The molecule has 1 aromatic heterocycles. The quantitative estimate of drug-likeness (QED) is 0.468. The summed E-state index contributed by atoms with van der Waals surface area (Å²) in [7, 11) is 0. The van der Waals surface area contributed by atoms with E-state index in [2.05, 4.69) is 9.97 Å². The summed E-state index contributed by atoms with van der Waals surface area (Å²) in [5, 5.41) is 1.19. The third kappa shape index (κ3) is 3.18. The number of likely N-dealkylation sites (tertiary alicyclic amines) is 1. The van der Waals surface area contributed by atoms with E-state index in [1.807, 2.05) is 33.1 Å². The van der Waals surface area contributed by atoms with Crippen LogP contribution >= 0.6 is 23.4 Å². The van der Waals surface area contributed by atoms with Crippen LogP contribution in [0.25, 0.3) is 0 Å². The molecule has 1 aromatic rings. The van der Waals surface area contributed by atoms with E-state index in [9.17, 15) is 4.79 Å². The number of ether oxygens (including phenoxy) is 1. The van der Waals surface area contributed by atoms with Gasteiger partial charge in [-0.1, -0.05) is 23.4 Å². The first-order valence-electron chi connectivity index (χ1n) is 7.35. The molecule has 1 aliphatic heterocycles. The third-order valence-corrected chi connectivity index (χ3v) is 4.81. The highest BCUT2D eigenvalue weighted by Gasteiger charge is 2.58. The van der Waals surface area contributed by atoms with Crippen molar-refractivity contribution >= 4 is 29.5 Å². The predicted molar refractivity (Wildman–Crippen MR) is 86.4 cm³/mol. The van der Waals surface area contributed by atoms with Crippen LogP contribution in [-0.4, -0.2) is 45.9 Å². The lowest BCUT2D eigenvalue weighted by Crippen LogP contribution is -2.36. The van der Waals surface area contributed by atoms with Gasteiger partial charge in [-0.2, -0.15) is 0 Å². The Morgan fingerprint density at radius 2 is 2.00 bits per heavy atom. The van der Waals surface area contributed by atoms with Crippen LogP contribution in [0, 0.1) is 11.8 Å². The van der Waals surface area contributed by atoms with Crippen molar-refractivity contribution in [3.8, 4) is 0 Å². The number of aromatic nitrogens is 2. The highest BCUT2D eigenvalue weighted by atomic mass is 35.5.